The molecule has 120 valence electrons. The van der Waals surface area contributed by atoms with Crippen LogP contribution in [0.4, 0.5) is 0 Å². The predicted octanol–water partition coefficient (Wildman–Crippen LogP) is 3.45. The Kier molecular flexibility index (Phi) is 11.7. The van der Waals surface area contributed by atoms with Gasteiger partial charge in [0.05, 0.1) is 0 Å². The van der Waals surface area contributed by atoms with Crippen molar-refractivity contribution >= 4 is 30.1 Å². The lowest BCUT2D eigenvalue weighted by molar-refractivity contribution is -0.132. The predicted molar refractivity (Wildman–Crippen MR) is 91.7 cm³/mol. The molecule has 5 heteroatoms. The molecule has 0 aromatic heterocycles. The monoisotopic (exact) mass is 322 g/mol. The number of carbonyl (C=O) groups excluding carboxylic acids is 1. The molecule has 1 rings (SSSR count). The van der Waals surface area contributed by atoms with E-state index >= 15 is 0 Å². The van der Waals surface area contributed by atoms with Crippen molar-refractivity contribution in [1.29, 1.82) is 0 Å². The van der Waals surface area contributed by atoms with E-state index in [0.29, 0.717) is 18.4 Å². The van der Waals surface area contributed by atoms with Crippen LogP contribution in [0.25, 0.3) is 0 Å². The van der Waals surface area contributed by atoms with Crippen LogP contribution in [0.2, 0.25) is 0 Å². The molecule has 1 saturated carbocycles. The largest absolute Gasteiger partial charge is 0.343 e. The maximum atomic E-state index is 12.1. The van der Waals surface area contributed by atoms with Gasteiger partial charge in [-0.05, 0) is 44.4 Å². The fourth-order valence-corrected chi connectivity index (χ4v) is 3.94. The highest BCUT2D eigenvalue weighted by Crippen LogP contribution is 2.32. The van der Waals surface area contributed by atoms with E-state index in [1.54, 1.807) is 0 Å². The Labute approximate surface area is 134 Å². The van der Waals surface area contributed by atoms with Gasteiger partial charge in [-0.1, -0.05) is 19.8 Å². The summed E-state index contributed by atoms with van der Waals surface area (Å²) >= 11 is 2.05. The van der Waals surface area contributed by atoms with Crippen LogP contribution < -0.4 is 5.73 Å². The highest BCUT2D eigenvalue weighted by Gasteiger charge is 2.29. The van der Waals surface area contributed by atoms with Gasteiger partial charge in [-0.3, -0.25) is 4.79 Å². The molecule has 0 heterocycles. The molecular formula is C15H31ClN2OS. The average Bonchev–Trinajstić information content (AvgIpc) is 2.86. The summed E-state index contributed by atoms with van der Waals surface area (Å²) in [7, 11) is 1.99. The van der Waals surface area contributed by atoms with E-state index in [2.05, 4.69) is 6.92 Å². The van der Waals surface area contributed by atoms with Crippen molar-refractivity contribution in [2.45, 2.75) is 69.6 Å². The van der Waals surface area contributed by atoms with E-state index < -0.39 is 0 Å². The third-order valence-electron chi connectivity index (χ3n) is 4.05. The number of nitrogens with two attached hydrogens (primary N) is 1. The zero-order chi connectivity index (χ0) is 14.1. The minimum absolute atomic E-state index is 0. The molecule has 20 heavy (non-hydrogen) atoms. The standard InChI is InChI=1S/C15H30N2OS.ClH/c1-3-19-14-10-9-13(12-14)17(2)15(18)8-6-4-5-7-11-16;/h13-14H,3-12,16H2,1-2H3;1H. The van der Waals surface area contributed by atoms with Crippen molar-refractivity contribution in [1.82, 2.24) is 4.90 Å². The number of nitrogens with zero attached hydrogens (tertiary/aromatic N) is 1. The van der Waals surface area contributed by atoms with Crippen molar-refractivity contribution in [3.05, 3.63) is 0 Å². The van der Waals surface area contributed by atoms with Crippen LogP contribution in [0.3, 0.4) is 0 Å². The summed E-state index contributed by atoms with van der Waals surface area (Å²) in [4.78, 5) is 14.1. The molecule has 0 aliphatic heterocycles. The van der Waals surface area contributed by atoms with Gasteiger partial charge in [-0.2, -0.15) is 11.8 Å². The molecule has 3 nitrogen and oxygen atoms in total. The van der Waals surface area contributed by atoms with Gasteiger partial charge in [0, 0.05) is 24.8 Å². The van der Waals surface area contributed by atoms with Crippen molar-refractivity contribution in [3.63, 3.8) is 0 Å². The Morgan fingerprint density at radius 3 is 2.60 bits per heavy atom. The first kappa shape index (κ1) is 20.1. The van der Waals surface area contributed by atoms with E-state index in [1.807, 2.05) is 23.7 Å². The average molecular weight is 323 g/mol. The highest BCUT2D eigenvalue weighted by atomic mass is 35.5. The van der Waals surface area contributed by atoms with E-state index in [-0.39, 0.29) is 12.4 Å². The number of thioether (sulfide) groups is 1. The number of rotatable bonds is 9. The number of hydrogen-bond acceptors (Lipinski definition) is 3. The number of amides is 1. The first-order chi connectivity index (χ1) is 9.19. The summed E-state index contributed by atoms with van der Waals surface area (Å²) in [5, 5.41) is 0.773. The van der Waals surface area contributed by atoms with Crippen LogP contribution in [-0.2, 0) is 4.79 Å². The molecule has 1 aliphatic carbocycles. The normalized spacial score (nSPS) is 21.6. The third kappa shape index (κ3) is 7.19. The van der Waals surface area contributed by atoms with E-state index in [0.717, 1.165) is 37.5 Å². The SMILES string of the molecule is CCSC1CCC(N(C)C(=O)CCCCCCN)C1.Cl. The minimum atomic E-state index is 0. The first-order valence-corrected chi connectivity index (χ1v) is 8.81. The Morgan fingerprint density at radius 2 is 1.95 bits per heavy atom. The summed E-state index contributed by atoms with van der Waals surface area (Å²) in [6.45, 7) is 2.99. The van der Waals surface area contributed by atoms with Crippen molar-refractivity contribution in [3.8, 4) is 0 Å². The molecular weight excluding hydrogens is 292 g/mol. The van der Waals surface area contributed by atoms with Gasteiger partial charge in [0.1, 0.15) is 0 Å². The van der Waals surface area contributed by atoms with Crippen LogP contribution in [0.5, 0.6) is 0 Å². The molecule has 0 radical (unpaired) electrons. The molecule has 0 spiro atoms. The number of carbonyl (C=O) groups is 1. The topological polar surface area (TPSA) is 46.3 Å². The molecule has 1 amide bonds. The van der Waals surface area contributed by atoms with Crippen LogP contribution in [0.15, 0.2) is 0 Å². The summed E-state index contributed by atoms with van der Waals surface area (Å²) in [6, 6.07) is 0.487. The Balaban J connectivity index is 0.00000361. The second-order valence-electron chi connectivity index (χ2n) is 5.50. The zero-order valence-corrected chi connectivity index (χ0v) is 14.6. The zero-order valence-electron chi connectivity index (χ0n) is 13.0. The lowest BCUT2D eigenvalue weighted by Crippen LogP contribution is -2.35. The maximum Gasteiger partial charge on any atom is 0.222 e. The van der Waals surface area contributed by atoms with E-state index in [4.69, 9.17) is 5.73 Å². The van der Waals surface area contributed by atoms with Gasteiger partial charge in [-0.25, -0.2) is 0 Å². The lowest BCUT2D eigenvalue weighted by Gasteiger charge is -2.24. The van der Waals surface area contributed by atoms with Gasteiger partial charge in [0.2, 0.25) is 5.91 Å². The highest BCUT2D eigenvalue weighted by molar-refractivity contribution is 7.99. The van der Waals surface area contributed by atoms with Gasteiger partial charge in [0.15, 0.2) is 0 Å². The fraction of sp³-hybridized carbons (Fsp3) is 0.933. The van der Waals surface area contributed by atoms with Gasteiger partial charge < -0.3 is 10.6 Å². The summed E-state index contributed by atoms with van der Waals surface area (Å²) in [5.41, 5.74) is 5.46. The molecule has 2 N–H and O–H groups in total. The molecule has 1 aliphatic rings. The van der Waals surface area contributed by atoms with Crippen LogP contribution in [0.1, 0.15) is 58.3 Å². The maximum absolute atomic E-state index is 12.1. The smallest absolute Gasteiger partial charge is 0.222 e. The summed E-state index contributed by atoms with van der Waals surface area (Å²) in [5.74, 6) is 1.52. The second kappa shape index (κ2) is 11.7. The fourth-order valence-electron chi connectivity index (χ4n) is 2.81. The van der Waals surface area contributed by atoms with Crippen molar-refractivity contribution < 1.29 is 4.79 Å². The van der Waals surface area contributed by atoms with Crippen molar-refractivity contribution in [2.24, 2.45) is 5.73 Å². The molecule has 0 aromatic rings. The van der Waals surface area contributed by atoms with Gasteiger partial charge in [0.25, 0.3) is 0 Å². The molecule has 0 bridgehead atoms. The second-order valence-corrected chi connectivity index (χ2v) is 7.08. The lowest BCUT2D eigenvalue weighted by atomic mass is 10.1. The van der Waals surface area contributed by atoms with Crippen molar-refractivity contribution in [2.75, 3.05) is 19.3 Å². The minimum Gasteiger partial charge on any atom is -0.343 e. The summed E-state index contributed by atoms with van der Waals surface area (Å²) < 4.78 is 0. The quantitative estimate of drug-likeness (QED) is 0.661. The van der Waals surface area contributed by atoms with Crippen LogP contribution in [0, 0.1) is 0 Å². The van der Waals surface area contributed by atoms with Gasteiger partial charge in [-0.15, -0.1) is 12.4 Å². The van der Waals surface area contributed by atoms with Crippen LogP contribution >= 0.6 is 24.2 Å². The van der Waals surface area contributed by atoms with Gasteiger partial charge >= 0.3 is 0 Å². The number of halogens is 1. The number of hydrogen-bond donors (Lipinski definition) is 1. The Morgan fingerprint density at radius 1 is 1.25 bits per heavy atom. The third-order valence-corrected chi connectivity index (χ3v) is 5.28. The van der Waals surface area contributed by atoms with E-state index in [1.165, 1.54) is 25.0 Å². The Hall–Kier alpha value is 0.0700. The first-order valence-electron chi connectivity index (χ1n) is 7.76. The molecule has 1 fully saturated rings. The van der Waals surface area contributed by atoms with E-state index in [9.17, 15) is 4.79 Å². The molecule has 0 aromatic carbocycles. The number of unbranched alkanes of at least 4 members (excludes halogenated alkanes) is 3. The molecule has 2 unspecified atom stereocenters. The Bertz CT molecular complexity index is 266. The van der Waals surface area contributed by atoms with Crippen LogP contribution in [-0.4, -0.2) is 41.4 Å². The molecule has 2 atom stereocenters. The molecule has 0 saturated heterocycles. The summed E-state index contributed by atoms with van der Waals surface area (Å²) in [6.07, 6.45) is 8.76.